The molecule has 0 saturated carbocycles. The Morgan fingerprint density at radius 2 is 1.62 bits per heavy atom. The molecule has 260 valence electrons. The number of hydrogen-bond acceptors (Lipinski definition) is 8. The summed E-state index contributed by atoms with van der Waals surface area (Å²) in [5.74, 6) is 2.90. The van der Waals surface area contributed by atoms with E-state index in [1.54, 1.807) is 24.3 Å². The summed E-state index contributed by atoms with van der Waals surface area (Å²) in [5.41, 5.74) is 2.30. The molecule has 4 atom stereocenters. The second-order valence-corrected chi connectivity index (χ2v) is 28.8. The Morgan fingerprint density at radius 3 is 2.21 bits per heavy atom. The number of carbonyl (C=O) groups excluding carboxylic acids is 1. The molecular weight excluding hydrogens is 662 g/mol. The number of benzene rings is 1. The molecule has 4 heterocycles. The maximum Gasteiger partial charge on any atom is 0.335 e. The summed E-state index contributed by atoms with van der Waals surface area (Å²) in [6, 6.07) is 8.81. The van der Waals surface area contributed by atoms with E-state index in [1.807, 2.05) is 6.07 Å². The van der Waals surface area contributed by atoms with E-state index >= 15 is 4.39 Å². The number of nitrogens with one attached hydrogen (secondary N) is 1. The second-order valence-electron chi connectivity index (χ2n) is 15.2. The summed E-state index contributed by atoms with van der Waals surface area (Å²) in [5, 5.41) is 7.26. The predicted octanol–water partition coefficient (Wildman–Crippen LogP) is 7.36. The minimum atomic E-state index is -3.19. The van der Waals surface area contributed by atoms with Crippen LogP contribution in [-0.4, -0.2) is 75.2 Å². The Bertz CT molecular complexity index is 1670. The molecule has 2 saturated heterocycles. The van der Waals surface area contributed by atoms with Crippen LogP contribution >= 0.6 is 0 Å². The van der Waals surface area contributed by atoms with Crippen LogP contribution in [0.1, 0.15) is 77.5 Å². The Labute approximate surface area is 287 Å². The van der Waals surface area contributed by atoms with Crippen molar-refractivity contribution in [1.29, 1.82) is 0 Å². The molecular formula is C34H50FN5O5Si3. The van der Waals surface area contributed by atoms with Gasteiger partial charge >= 0.3 is 17.1 Å². The molecule has 1 aromatic carbocycles. The van der Waals surface area contributed by atoms with Crippen molar-refractivity contribution in [2.45, 2.75) is 121 Å². The van der Waals surface area contributed by atoms with Crippen LogP contribution in [0.25, 0.3) is 5.65 Å². The molecule has 3 aromatic rings. The van der Waals surface area contributed by atoms with Crippen LogP contribution in [0.3, 0.4) is 0 Å². The van der Waals surface area contributed by atoms with Gasteiger partial charge in [-0.05, 0) is 34.3 Å². The van der Waals surface area contributed by atoms with Crippen LogP contribution in [0.2, 0.25) is 41.8 Å². The number of amides is 1. The quantitative estimate of drug-likeness (QED) is 0.200. The summed E-state index contributed by atoms with van der Waals surface area (Å²) in [7, 11) is -8.15. The average molecular weight is 712 g/mol. The number of carbonyl (C=O) groups is 1. The Morgan fingerprint density at radius 1 is 1.00 bits per heavy atom. The van der Waals surface area contributed by atoms with Crippen LogP contribution in [0, 0.1) is 11.5 Å². The second kappa shape index (κ2) is 13.5. The normalized spacial score (nSPS) is 25.5. The maximum absolute atomic E-state index is 18.3. The minimum absolute atomic E-state index is 0.00297. The van der Waals surface area contributed by atoms with Gasteiger partial charge in [-0.3, -0.25) is 4.79 Å². The van der Waals surface area contributed by atoms with Crippen LogP contribution < -0.4 is 5.32 Å². The molecule has 2 aromatic heterocycles. The lowest BCUT2D eigenvalue weighted by Gasteiger charge is -2.51. The van der Waals surface area contributed by atoms with Gasteiger partial charge in [0.2, 0.25) is 5.67 Å². The van der Waals surface area contributed by atoms with Crippen molar-refractivity contribution in [2.24, 2.45) is 0 Å². The van der Waals surface area contributed by atoms with E-state index in [0.29, 0.717) is 11.3 Å². The third-order valence-electron chi connectivity index (χ3n) is 9.26. The van der Waals surface area contributed by atoms with Gasteiger partial charge in [0.1, 0.15) is 32.7 Å². The molecule has 5 rings (SSSR count). The van der Waals surface area contributed by atoms with Gasteiger partial charge in [-0.2, -0.15) is 5.10 Å². The first-order valence-electron chi connectivity index (χ1n) is 16.9. The molecule has 2 fully saturated rings. The van der Waals surface area contributed by atoms with Gasteiger partial charge in [0.05, 0.1) is 18.5 Å². The zero-order valence-corrected chi connectivity index (χ0v) is 33.0. The van der Waals surface area contributed by atoms with E-state index < -0.39 is 49.2 Å². The molecule has 14 heteroatoms. The van der Waals surface area contributed by atoms with Gasteiger partial charge in [0, 0.05) is 5.56 Å². The van der Waals surface area contributed by atoms with Crippen molar-refractivity contribution < 1.29 is 26.9 Å². The summed E-state index contributed by atoms with van der Waals surface area (Å²) in [6.45, 7) is 23.4. The molecule has 0 aliphatic carbocycles. The van der Waals surface area contributed by atoms with E-state index in [2.05, 4.69) is 107 Å². The third-order valence-corrected chi connectivity index (χ3v) is 20.4. The van der Waals surface area contributed by atoms with Crippen LogP contribution in [0.5, 0.6) is 0 Å². The molecule has 1 N–H and O–H groups in total. The number of ether oxygens (including phenoxy) is 1. The first-order chi connectivity index (χ1) is 22.4. The van der Waals surface area contributed by atoms with E-state index in [4.69, 9.17) is 17.7 Å². The van der Waals surface area contributed by atoms with Gasteiger partial charge in [-0.25, -0.2) is 18.9 Å². The zero-order valence-electron chi connectivity index (χ0n) is 30.0. The summed E-state index contributed by atoms with van der Waals surface area (Å²) < 4.78 is 47.9. The molecule has 0 spiro atoms. The molecule has 2 aliphatic rings. The highest BCUT2D eigenvalue weighted by Gasteiger charge is 2.66. The lowest BCUT2D eigenvalue weighted by Crippen LogP contribution is -2.66. The van der Waals surface area contributed by atoms with Gasteiger partial charge < -0.3 is 23.0 Å². The number of rotatable bonds is 7. The van der Waals surface area contributed by atoms with Crippen molar-refractivity contribution in [3.63, 3.8) is 0 Å². The minimum Gasteiger partial charge on any atom is -0.414 e. The Hall–Kier alpha value is -2.78. The van der Waals surface area contributed by atoms with E-state index in [0.717, 1.165) is 0 Å². The van der Waals surface area contributed by atoms with Crippen LogP contribution in [-0.2, 0) is 17.7 Å². The summed E-state index contributed by atoms with van der Waals surface area (Å²) in [6.07, 6.45) is -0.249. The first-order valence-corrected chi connectivity index (χ1v) is 24.3. The SMILES string of the molecule is CC(C)[Si]1(C(C)C)OC[C@H]2O[C@@H](c3cnc4c(NC(=O)c5ccccc5)ncnn34)[C@@](F)(C#C[Si](C)(C)C)[C@@H]2O[Si](C(C)C)(C(C)C)O1. The standard InChI is InChI=1S/C34H50FN5O5Si3/c1-22(2)47(23(3)4)42-20-28-30(44-48(45-47,24(5)6)25(7)8)34(35,17-18-46(9,10)11)29(43-28)27-19-36-32-31(37-21-38-40(27)32)39-33(41)26-15-13-12-14-16-26/h12-16,19,21-25,28-30H,20H2,1-11H3,(H,37,38,39,41)/t28-,29+,30-,34+/m1/s1. The molecule has 0 unspecified atom stereocenters. The van der Waals surface area contributed by atoms with E-state index in [1.165, 1.54) is 17.0 Å². The number of alkyl halides is 1. The molecule has 0 bridgehead atoms. The first kappa shape index (κ1) is 36.5. The largest absolute Gasteiger partial charge is 0.414 e. The van der Waals surface area contributed by atoms with Crippen LogP contribution in [0.15, 0.2) is 42.9 Å². The Kier molecular flexibility index (Phi) is 10.3. The molecule has 10 nitrogen and oxygen atoms in total. The lowest BCUT2D eigenvalue weighted by atomic mass is 9.92. The van der Waals surface area contributed by atoms with Crippen molar-refractivity contribution >= 4 is 42.6 Å². The monoisotopic (exact) mass is 711 g/mol. The highest BCUT2D eigenvalue weighted by Crippen LogP contribution is 2.53. The molecule has 1 amide bonds. The van der Waals surface area contributed by atoms with Gasteiger partial charge in [0.15, 0.2) is 11.5 Å². The van der Waals surface area contributed by atoms with Crippen molar-refractivity contribution in [3.05, 3.63) is 54.1 Å². The van der Waals surface area contributed by atoms with E-state index in [9.17, 15) is 4.79 Å². The highest BCUT2D eigenvalue weighted by atomic mass is 28.5. The number of fused-ring (bicyclic) bond motifs is 2. The van der Waals surface area contributed by atoms with Gasteiger partial charge in [-0.1, -0.05) is 99.2 Å². The smallest absolute Gasteiger partial charge is 0.335 e. The third kappa shape index (κ3) is 6.58. The summed E-state index contributed by atoms with van der Waals surface area (Å²) in [4.78, 5) is 21.9. The number of aromatic nitrogens is 4. The van der Waals surface area contributed by atoms with Gasteiger partial charge in [0.25, 0.3) is 5.91 Å². The maximum atomic E-state index is 18.3. The molecule has 48 heavy (non-hydrogen) atoms. The average Bonchev–Trinajstić information content (AvgIpc) is 3.54. The topological polar surface area (TPSA) is 109 Å². The van der Waals surface area contributed by atoms with Crippen molar-refractivity contribution in [3.8, 4) is 11.5 Å². The zero-order chi connectivity index (χ0) is 35.2. The molecule has 0 radical (unpaired) electrons. The fourth-order valence-corrected chi connectivity index (χ4v) is 18.5. The highest BCUT2D eigenvalue weighted by molar-refractivity contribution is 6.84. The van der Waals surface area contributed by atoms with E-state index in [-0.39, 0.29) is 46.1 Å². The van der Waals surface area contributed by atoms with Crippen molar-refractivity contribution in [2.75, 3.05) is 11.9 Å². The fraction of sp³-hybridized carbons (Fsp3) is 0.588. The van der Waals surface area contributed by atoms with Gasteiger partial charge in [-0.15, -0.1) is 5.54 Å². The fourth-order valence-electron chi connectivity index (χ4n) is 6.75. The summed E-state index contributed by atoms with van der Waals surface area (Å²) >= 11 is 0. The number of imidazole rings is 1. The Balaban J connectivity index is 1.65. The number of hydrogen-bond donors (Lipinski definition) is 1. The number of halogens is 1. The lowest BCUT2D eigenvalue weighted by molar-refractivity contribution is -0.0399. The predicted molar refractivity (Wildman–Crippen MR) is 192 cm³/mol. The van der Waals surface area contributed by atoms with Crippen molar-refractivity contribution in [1.82, 2.24) is 19.6 Å². The molecule has 2 aliphatic heterocycles. The van der Waals surface area contributed by atoms with Crippen LogP contribution in [0.4, 0.5) is 10.2 Å². The number of nitrogens with zero attached hydrogens (tertiary/aromatic N) is 4. The number of anilines is 1.